The van der Waals surface area contributed by atoms with Gasteiger partial charge in [0.2, 0.25) is 11.8 Å². The van der Waals surface area contributed by atoms with E-state index >= 15 is 0 Å². The van der Waals surface area contributed by atoms with E-state index < -0.39 is 15.8 Å². The molecule has 0 bridgehead atoms. The highest BCUT2D eigenvalue weighted by atomic mass is 32.2. The lowest BCUT2D eigenvalue weighted by Gasteiger charge is -2.29. The lowest BCUT2D eigenvalue weighted by Crippen LogP contribution is -2.46. The summed E-state index contributed by atoms with van der Waals surface area (Å²) in [6, 6.07) is 7.49. The molecule has 0 unspecified atom stereocenters. The first kappa shape index (κ1) is 17.7. The summed E-state index contributed by atoms with van der Waals surface area (Å²) in [7, 11) is -1.44. The predicted molar refractivity (Wildman–Crippen MR) is 91.8 cm³/mol. The second-order valence-corrected chi connectivity index (χ2v) is 8.77. The molecular weight excluding hydrogens is 344 g/mol. The van der Waals surface area contributed by atoms with E-state index in [2.05, 4.69) is 0 Å². The maximum Gasteiger partial charge on any atom is 0.228 e. The average molecular weight is 366 g/mol. The van der Waals surface area contributed by atoms with Gasteiger partial charge in [-0.3, -0.25) is 9.59 Å². The molecule has 0 spiro atoms. The molecule has 136 valence electrons. The van der Waals surface area contributed by atoms with E-state index in [4.69, 9.17) is 4.74 Å². The fourth-order valence-electron chi connectivity index (χ4n) is 3.32. The molecule has 2 saturated heterocycles. The van der Waals surface area contributed by atoms with Crippen LogP contribution < -0.4 is 4.74 Å². The van der Waals surface area contributed by atoms with E-state index in [-0.39, 0.29) is 42.8 Å². The normalized spacial score (nSPS) is 22.9. The van der Waals surface area contributed by atoms with Crippen LogP contribution in [0, 0.1) is 5.92 Å². The maximum absolute atomic E-state index is 12.6. The maximum atomic E-state index is 12.6. The number of benzene rings is 1. The van der Waals surface area contributed by atoms with Gasteiger partial charge in [0.05, 0.1) is 24.5 Å². The van der Waals surface area contributed by atoms with Gasteiger partial charge in [-0.25, -0.2) is 8.42 Å². The Morgan fingerprint density at radius 3 is 2.60 bits per heavy atom. The number of rotatable bonds is 4. The van der Waals surface area contributed by atoms with Crippen molar-refractivity contribution in [2.45, 2.75) is 13.0 Å². The molecule has 1 atom stereocenters. The molecule has 2 amide bonds. The Bertz CT molecular complexity index is 763. The van der Waals surface area contributed by atoms with Crippen LogP contribution in [0.3, 0.4) is 0 Å². The van der Waals surface area contributed by atoms with Gasteiger partial charge in [-0.2, -0.15) is 0 Å². The molecule has 2 heterocycles. The standard InChI is InChI=1S/C17H22N2O5S/c1-24-15-5-3-2-4-13(15)11-19-12-14(10-16(19)20)17(21)18-6-8-25(22,23)9-7-18/h2-5,14H,6-12H2,1H3/t14-/m0/s1. The molecule has 25 heavy (non-hydrogen) atoms. The van der Waals surface area contributed by atoms with Gasteiger partial charge < -0.3 is 14.5 Å². The third-order valence-electron chi connectivity index (χ3n) is 4.77. The van der Waals surface area contributed by atoms with Crippen LogP contribution in [0.1, 0.15) is 12.0 Å². The number of hydrogen-bond donors (Lipinski definition) is 0. The van der Waals surface area contributed by atoms with E-state index in [0.29, 0.717) is 18.8 Å². The highest BCUT2D eigenvalue weighted by molar-refractivity contribution is 7.91. The molecule has 0 aromatic heterocycles. The summed E-state index contributed by atoms with van der Waals surface area (Å²) in [5.41, 5.74) is 0.899. The van der Waals surface area contributed by atoms with Crippen molar-refractivity contribution in [3.05, 3.63) is 29.8 Å². The van der Waals surface area contributed by atoms with E-state index in [0.717, 1.165) is 5.56 Å². The molecule has 0 saturated carbocycles. The number of amides is 2. The van der Waals surface area contributed by atoms with Crippen LogP contribution in [0.15, 0.2) is 24.3 Å². The Kier molecular flexibility index (Phi) is 4.99. The summed E-state index contributed by atoms with van der Waals surface area (Å²) in [4.78, 5) is 28.1. The number of sulfone groups is 1. The molecule has 2 aliphatic rings. The second-order valence-electron chi connectivity index (χ2n) is 6.46. The van der Waals surface area contributed by atoms with Crippen molar-refractivity contribution in [3.63, 3.8) is 0 Å². The molecule has 2 fully saturated rings. The van der Waals surface area contributed by atoms with E-state index in [1.165, 1.54) is 0 Å². The minimum atomic E-state index is -3.03. The van der Waals surface area contributed by atoms with Crippen LogP contribution in [-0.2, 0) is 26.0 Å². The smallest absolute Gasteiger partial charge is 0.228 e. The first-order valence-corrected chi connectivity index (χ1v) is 10.1. The lowest BCUT2D eigenvalue weighted by molar-refractivity contribution is -0.135. The zero-order valence-electron chi connectivity index (χ0n) is 14.2. The number of hydrogen-bond acceptors (Lipinski definition) is 5. The van der Waals surface area contributed by atoms with Crippen LogP contribution in [0.5, 0.6) is 5.75 Å². The lowest BCUT2D eigenvalue weighted by atomic mass is 10.1. The largest absolute Gasteiger partial charge is 0.496 e. The third-order valence-corrected chi connectivity index (χ3v) is 6.38. The summed E-state index contributed by atoms with van der Waals surface area (Å²) >= 11 is 0. The van der Waals surface area contributed by atoms with Gasteiger partial charge in [0.1, 0.15) is 5.75 Å². The van der Waals surface area contributed by atoms with Crippen molar-refractivity contribution in [2.24, 2.45) is 5.92 Å². The molecule has 0 N–H and O–H groups in total. The first-order valence-electron chi connectivity index (χ1n) is 8.28. The van der Waals surface area contributed by atoms with Crippen molar-refractivity contribution in [3.8, 4) is 5.75 Å². The van der Waals surface area contributed by atoms with Crippen molar-refractivity contribution in [2.75, 3.05) is 38.2 Å². The summed E-state index contributed by atoms with van der Waals surface area (Å²) in [5.74, 6) is 0.142. The van der Waals surface area contributed by atoms with E-state index in [1.807, 2.05) is 24.3 Å². The molecule has 7 nitrogen and oxygen atoms in total. The molecule has 0 aliphatic carbocycles. The third kappa shape index (κ3) is 3.95. The topological polar surface area (TPSA) is 84.0 Å². The monoisotopic (exact) mass is 366 g/mol. The Balaban J connectivity index is 1.63. The van der Waals surface area contributed by atoms with Crippen LogP contribution in [0.2, 0.25) is 0 Å². The van der Waals surface area contributed by atoms with E-state index in [9.17, 15) is 18.0 Å². The van der Waals surface area contributed by atoms with Gasteiger partial charge in [-0.1, -0.05) is 18.2 Å². The SMILES string of the molecule is COc1ccccc1CN1C[C@@H](C(=O)N2CCS(=O)(=O)CC2)CC1=O. The van der Waals surface area contributed by atoms with Crippen LogP contribution in [-0.4, -0.2) is 68.3 Å². The summed E-state index contributed by atoms with van der Waals surface area (Å²) < 4.78 is 28.3. The summed E-state index contributed by atoms with van der Waals surface area (Å²) in [6.07, 6.45) is 0.178. The van der Waals surface area contributed by atoms with Crippen molar-refractivity contribution >= 4 is 21.7 Å². The van der Waals surface area contributed by atoms with Crippen molar-refractivity contribution < 1.29 is 22.7 Å². The summed E-state index contributed by atoms with van der Waals surface area (Å²) in [6.45, 7) is 1.21. The quantitative estimate of drug-likeness (QED) is 0.765. The highest BCUT2D eigenvalue weighted by Crippen LogP contribution is 2.26. The average Bonchev–Trinajstić information content (AvgIpc) is 2.95. The molecule has 0 radical (unpaired) electrons. The fraction of sp³-hybridized carbons (Fsp3) is 0.529. The van der Waals surface area contributed by atoms with Gasteiger partial charge in [-0.15, -0.1) is 0 Å². The predicted octanol–water partition coefficient (Wildman–Crippen LogP) is 0.301. The molecular formula is C17H22N2O5S. The Labute approximate surface area is 147 Å². The number of carbonyl (C=O) groups is 2. The molecule has 2 aliphatic heterocycles. The zero-order chi connectivity index (χ0) is 18.0. The molecule has 8 heteroatoms. The Hall–Kier alpha value is -2.09. The highest BCUT2D eigenvalue weighted by Gasteiger charge is 2.38. The number of methoxy groups -OCH3 is 1. The van der Waals surface area contributed by atoms with E-state index in [1.54, 1.807) is 16.9 Å². The second kappa shape index (κ2) is 7.03. The Morgan fingerprint density at radius 2 is 1.92 bits per heavy atom. The van der Waals surface area contributed by atoms with Crippen molar-refractivity contribution in [1.82, 2.24) is 9.80 Å². The van der Waals surface area contributed by atoms with Crippen LogP contribution in [0.4, 0.5) is 0 Å². The first-order chi connectivity index (χ1) is 11.9. The van der Waals surface area contributed by atoms with Gasteiger partial charge in [0.15, 0.2) is 9.84 Å². The number of para-hydroxylation sites is 1. The number of ether oxygens (including phenoxy) is 1. The van der Waals surface area contributed by atoms with Gasteiger partial charge in [0.25, 0.3) is 0 Å². The van der Waals surface area contributed by atoms with Gasteiger partial charge in [-0.05, 0) is 6.07 Å². The number of likely N-dealkylation sites (tertiary alicyclic amines) is 1. The molecule has 1 aromatic carbocycles. The zero-order valence-corrected chi connectivity index (χ0v) is 15.0. The Morgan fingerprint density at radius 1 is 1.24 bits per heavy atom. The number of carbonyl (C=O) groups excluding carboxylic acids is 2. The molecule has 3 rings (SSSR count). The van der Waals surface area contributed by atoms with Crippen LogP contribution in [0.25, 0.3) is 0 Å². The molecule has 1 aromatic rings. The number of nitrogens with zero attached hydrogens (tertiary/aromatic N) is 2. The van der Waals surface area contributed by atoms with Crippen LogP contribution >= 0.6 is 0 Å². The minimum Gasteiger partial charge on any atom is -0.496 e. The fourth-order valence-corrected chi connectivity index (χ4v) is 4.52. The van der Waals surface area contributed by atoms with Crippen molar-refractivity contribution in [1.29, 1.82) is 0 Å². The van der Waals surface area contributed by atoms with Gasteiger partial charge in [0, 0.05) is 38.2 Å². The summed E-state index contributed by atoms with van der Waals surface area (Å²) in [5, 5.41) is 0. The minimum absolute atomic E-state index is 0.00430. The van der Waals surface area contributed by atoms with Gasteiger partial charge >= 0.3 is 0 Å².